The molecule has 1 amide bonds. The second-order valence-electron chi connectivity index (χ2n) is 3.13. The Kier molecular flexibility index (Phi) is 5.49. The molecule has 0 spiro atoms. The third-order valence-electron chi connectivity index (χ3n) is 2.03. The highest BCUT2D eigenvalue weighted by atomic mass is 127. The molecule has 0 bridgehead atoms. The summed E-state index contributed by atoms with van der Waals surface area (Å²) < 4.78 is 14.9. The maximum atomic E-state index is 11.1. The third-order valence-corrected chi connectivity index (χ3v) is 2.75. The predicted molar refractivity (Wildman–Crippen MR) is 58.3 cm³/mol. The van der Waals surface area contributed by atoms with Crippen LogP contribution in [0.25, 0.3) is 0 Å². The monoisotopic (exact) mass is 315 g/mol. The van der Waals surface area contributed by atoms with E-state index in [2.05, 4.69) is 5.32 Å². The molecule has 0 saturated heterocycles. The third kappa shape index (κ3) is 3.97. The molecule has 1 aliphatic rings. The van der Waals surface area contributed by atoms with Crippen molar-refractivity contribution in [2.24, 2.45) is 0 Å². The number of halogens is 1. The average molecular weight is 315 g/mol. The average Bonchev–Trinajstić information content (AvgIpc) is 2.11. The van der Waals surface area contributed by atoms with Crippen molar-refractivity contribution in [1.29, 1.82) is 0 Å². The van der Waals surface area contributed by atoms with Crippen LogP contribution in [0.1, 0.15) is 12.8 Å². The van der Waals surface area contributed by atoms with Gasteiger partial charge in [0, 0.05) is 26.5 Å². The molecule has 0 aromatic rings. The van der Waals surface area contributed by atoms with Crippen molar-refractivity contribution in [3.05, 3.63) is 0 Å². The highest BCUT2D eigenvalue weighted by molar-refractivity contribution is 14.1. The van der Waals surface area contributed by atoms with Crippen molar-refractivity contribution in [3.63, 3.8) is 0 Å². The van der Waals surface area contributed by atoms with Gasteiger partial charge in [-0.25, -0.2) is 4.79 Å². The van der Waals surface area contributed by atoms with Gasteiger partial charge in [0.15, 0.2) is 0 Å². The molecule has 0 aliphatic heterocycles. The van der Waals surface area contributed by atoms with Gasteiger partial charge < -0.3 is 17.9 Å². The number of rotatable bonds is 5. The topological polar surface area (TPSA) is 56.8 Å². The largest absolute Gasteiger partial charge is 0.446 e. The summed E-state index contributed by atoms with van der Waals surface area (Å²) in [5.41, 5.74) is 0. The summed E-state index contributed by atoms with van der Waals surface area (Å²) in [5, 5.41) is 2.59. The summed E-state index contributed by atoms with van der Waals surface area (Å²) in [6.07, 6.45) is 1.46. The lowest BCUT2D eigenvalue weighted by Gasteiger charge is -2.32. The normalized spacial score (nSPS) is 25.3. The van der Waals surface area contributed by atoms with Crippen molar-refractivity contribution in [1.82, 2.24) is 5.32 Å². The number of ether oxygens (including phenoxy) is 2. The fourth-order valence-corrected chi connectivity index (χ4v) is 1.55. The fourth-order valence-electron chi connectivity index (χ4n) is 1.13. The lowest BCUT2D eigenvalue weighted by Crippen LogP contribution is -2.40. The van der Waals surface area contributed by atoms with E-state index in [0.717, 1.165) is 12.8 Å². The maximum absolute atomic E-state index is 11.1. The van der Waals surface area contributed by atoms with E-state index in [-0.39, 0.29) is 18.3 Å². The van der Waals surface area contributed by atoms with Gasteiger partial charge in [-0.3, -0.25) is 0 Å². The number of methoxy groups -OCH3 is 1. The second-order valence-corrected chi connectivity index (χ2v) is 3.64. The molecule has 5 nitrogen and oxygen atoms in total. The maximum Gasteiger partial charge on any atom is 0.407 e. The van der Waals surface area contributed by atoms with E-state index >= 15 is 0 Å². The highest BCUT2D eigenvalue weighted by Crippen LogP contribution is 2.27. The molecule has 1 aliphatic carbocycles. The van der Waals surface area contributed by atoms with E-state index in [4.69, 9.17) is 12.5 Å². The van der Waals surface area contributed by atoms with Gasteiger partial charge >= 0.3 is 6.09 Å². The molecule has 0 unspecified atom stereocenters. The minimum Gasteiger partial charge on any atom is -0.446 e. The molecule has 1 rings (SSSR count). The number of hydrogen-bond acceptors (Lipinski definition) is 4. The molecule has 6 heteroatoms. The standard InChI is InChI=1S/C8H14INO4/c1-12-3-2-10-8(11)13-6-4-7(5-6)14-9/h6-7H,2-5H2,1H3,(H,10,11). The number of hydrogen-bond donors (Lipinski definition) is 1. The number of nitrogens with one attached hydrogen (secondary N) is 1. The number of carbonyl (C=O) groups is 1. The molecule has 1 fully saturated rings. The second kappa shape index (κ2) is 6.41. The number of alkyl carbamates (subject to hydrolysis) is 1. The Morgan fingerprint density at radius 1 is 1.50 bits per heavy atom. The Hall–Kier alpha value is -0.0800. The van der Waals surface area contributed by atoms with Gasteiger partial charge in [-0.2, -0.15) is 0 Å². The molecule has 14 heavy (non-hydrogen) atoms. The van der Waals surface area contributed by atoms with E-state index in [1.807, 2.05) is 23.0 Å². The van der Waals surface area contributed by atoms with Crippen LogP contribution in [0.3, 0.4) is 0 Å². The molecule has 0 atom stereocenters. The Bertz CT molecular complexity index is 184. The van der Waals surface area contributed by atoms with Crippen molar-refractivity contribution < 1.29 is 17.3 Å². The van der Waals surface area contributed by atoms with Crippen LogP contribution in [0.5, 0.6) is 0 Å². The Morgan fingerprint density at radius 3 is 2.79 bits per heavy atom. The molecule has 82 valence electrons. The van der Waals surface area contributed by atoms with E-state index in [1.165, 1.54) is 0 Å². The van der Waals surface area contributed by atoms with Crippen molar-refractivity contribution in [3.8, 4) is 0 Å². The van der Waals surface area contributed by atoms with Crippen molar-refractivity contribution in [2.45, 2.75) is 25.0 Å². The zero-order valence-corrected chi connectivity index (χ0v) is 10.2. The number of carbonyl (C=O) groups excluding carboxylic acids is 1. The molecule has 0 aromatic carbocycles. The van der Waals surface area contributed by atoms with Gasteiger partial charge in [-0.1, -0.05) is 0 Å². The Balaban J connectivity index is 1.99. The molecule has 0 aromatic heterocycles. The van der Waals surface area contributed by atoms with Gasteiger partial charge in [0.2, 0.25) is 0 Å². The highest BCUT2D eigenvalue weighted by Gasteiger charge is 2.32. The van der Waals surface area contributed by atoms with Crippen LogP contribution in [0.4, 0.5) is 4.79 Å². The van der Waals surface area contributed by atoms with Crippen LogP contribution < -0.4 is 5.32 Å². The summed E-state index contributed by atoms with van der Waals surface area (Å²) >= 11 is 1.86. The van der Waals surface area contributed by atoms with Crippen molar-refractivity contribution in [2.75, 3.05) is 20.3 Å². The first-order chi connectivity index (χ1) is 6.76. The molecule has 1 N–H and O–H groups in total. The van der Waals surface area contributed by atoms with Crippen LogP contribution in [-0.4, -0.2) is 38.6 Å². The summed E-state index contributed by atoms with van der Waals surface area (Å²) in [5.74, 6) is 0. The van der Waals surface area contributed by atoms with Crippen LogP contribution in [0, 0.1) is 0 Å². The number of amides is 1. The summed E-state index contributed by atoms with van der Waals surface area (Å²) in [6.45, 7) is 0.980. The first kappa shape index (κ1) is 12.0. The quantitative estimate of drug-likeness (QED) is 0.613. The molecular weight excluding hydrogens is 301 g/mol. The minimum atomic E-state index is -0.376. The van der Waals surface area contributed by atoms with Gasteiger partial charge in [0.1, 0.15) is 29.1 Å². The van der Waals surface area contributed by atoms with E-state index < -0.39 is 0 Å². The van der Waals surface area contributed by atoms with Crippen LogP contribution in [0.2, 0.25) is 0 Å². The molecule has 0 heterocycles. The first-order valence-corrected chi connectivity index (χ1v) is 5.35. The first-order valence-electron chi connectivity index (χ1n) is 4.47. The van der Waals surface area contributed by atoms with Gasteiger partial charge in [0.25, 0.3) is 0 Å². The summed E-state index contributed by atoms with van der Waals surface area (Å²) in [4.78, 5) is 11.1. The van der Waals surface area contributed by atoms with Crippen LogP contribution in [-0.2, 0) is 12.5 Å². The van der Waals surface area contributed by atoms with Crippen LogP contribution >= 0.6 is 23.0 Å². The Morgan fingerprint density at radius 2 is 2.21 bits per heavy atom. The smallest absolute Gasteiger partial charge is 0.407 e. The van der Waals surface area contributed by atoms with E-state index in [1.54, 1.807) is 7.11 Å². The lowest BCUT2D eigenvalue weighted by atomic mass is 9.92. The van der Waals surface area contributed by atoms with Crippen LogP contribution in [0.15, 0.2) is 0 Å². The fraction of sp³-hybridized carbons (Fsp3) is 0.875. The zero-order valence-electron chi connectivity index (χ0n) is 7.99. The van der Waals surface area contributed by atoms with Crippen molar-refractivity contribution >= 4 is 29.1 Å². The summed E-state index contributed by atoms with van der Waals surface area (Å²) in [7, 11) is 1.58. The Labute approximate surface area is 97.2 Å². The lowest BCUT2D eigenvalue weighted by molar-refractivity contribution is -0.00679. The van der Waals surface area contributed by atoms with E-state index in [9.17, 15) is 4.79 Å². The molecule has 0 radical (unpaired) electrons. The van der Waals surface area contributed by atoms with E-state index in [0.29, 0.717) is 13.2 Å². The van der Waals surface area contributed by atoms with Gasteiger partial charge in [-0.05, 0) is 0 Å². The predicted octanol–water partition coefficient (Wildman–Crippen LogP) is 1.26. The SMILES string of the molecule is COCCNC(=O)OC1CC(OI)C1. The molecular formula is C8H14INO4. The zero-order chi connectivity index (χ0) is 10.4. The van der Waals surface area contributed by atoms with Gasteiger partial charge in [-0.15, -0.1) is 0 Å². The summed E-state index contributed by atoms with van der Waals surface area (Å²) in [6, 6.07) is 0. The minimum absolute atomic E-state index is 0.0114. The van der Waals surface area contributed by atoms with Gasteiger partial charge in [0.05, 0.1) is 12.7 Å². The molecule has 1 saturated carbocycles.